The highest BCUT2D eigenvalue weighted by Gasteiger charge is 2.29. The van der Waals surface area contributed by atoms with Crippen molar-refractivity contribution in [3.05, 3.63) is 28.8 Å². The molecule has 6 nitrogen and oxygen atoms in total. The fraction of sp³-hybridized carbons (Fsp3) is 0.385. The number of amides is 1. The second-order valence-electron chi connectivity index (χ2n) is 5.02. The zero-order valence-electron chi connectivity index (χ0n) is 11.0. The Morgan fingerprint density at radius 1 is 1.38 bits per heavy atom. The topological polar surface area (TPSA) is 101 Å². The average molecular weight is 332 g/mol. The zero-order chi connectivity index (χ0) is 15.6. The first-order valence-electron chi connectivity index (χ1n) is 6.30. The molecular formula is C13H14ClNO5S. The number of benzene rings is 1. The summed E-state index contributed by atoms with van der Waals surface area (Å²) in [5, 5.41) is 11.8. The predicted molar refractivity (Wildman–Crippen MR) is 78.4 cm³/mol. The number of carboxylic acid groups (broad SMARTS) is 1. The maximum atomic E-state index is 11.9. The van der Waals surface area contributed by atoms with Gasteiger partial charge in [-0.2, -0.15) is 0 Å². The van der Waals surface area contributed by atoms with Crippen LogP contribution in [0.15, 0.2) is 18.2 Å². The summed E-state index contributed by atoms with van der Waals surface area (Å²) < 4.78 is 22.7. The molecule has 2 N–H and O–H groups in total. The van der Waals surface area contributed by atoms with Gasteiger partial charge in [0.25, 0.3) is 0 Å². The number of carbonyl (C=O) groups excluding carboxylic acids is 1. The summed E-state index contributed by atoms with van der Waals surface area (Å²) in [4.78, 5) is 23.0. The number of nitrogens with one attached hydrogen (secondary N) is 1. The van der Waals surface area contributed by atoms with Crippen LogP contribution in [0.4, 0.5) is 5.69 Å². The Labute approximate surface area is 127 Å². The molecule has 1 aromatic carbocycles. The molecule has 1 amide bonds. The van der Waals surface area contributed by atoms with Gasteiger partial charge in [0, 0.05) is 11.4 Å². The molecule has 1 aliphatic rings. The van der Waals surface area contributed by atoms with Gasteiger partial charge in [-0.25, -0.2) is 13.2 Å². The Morgan fingerprint density at radius 3 is 2.67 bits per heavy atom. The first-order valence-corrected chi connectivity index (χ1v) is 8.50. The summed E-state index contributed by atoms with van der Waals surface area (Å²) in [5.41, 5.74) is 0.0487. The molecule has 1 fully saturated rings. The summed E-state index contributed by atoms with van der Waals surface area (Å²) >= 11 is 5.72. The molecule has 0 bridgehead atoms. The summed E-state index contributed by atoms with van der Waals surface area (Å²) in [6.45, 7) is 0. The van der Waals surface area contributed by atoms with Gasteiger partial charge in [-0.05, 0) is 30.5 Å². The van der Waals surface area contributed by atoms with Crippen LogP contribution in [0.2, 0.25) is 5.02 Å². The second kappa shape index (κ2) is 6.03. The van der Waals surface area contributed by atoms with Crippen molar-refractivity contribution >= 4 is 39.0 Å². The SMILES string of the molecule is O=C(CC1CCS(=O)(=O)C1)Nc1ccc(Cl)cc1C(=O)O. The van der Waals surface area contributed by atoms with Gasteiger partial charge < -0.3 is 10.4 Å². The maximum absolute atomic E-state index is 11.9. The molecule has 0 aliphatic carbocycles. The molecule has 1 heterocycles. The van der Waals surface area contributed by atoms with Crippen LogP contribution >= 0.6 is 11.6 Å². The van der Waals surface area contributed by atoms with Gasteiger partial charge in [-0.1, -0.05) is 11.6 Å². The Morgan fingerprint density at radius 2 is 2.10 bits per heavy atom. The van der Waals surface area contributed by atoms with E-state index in [-0.39, 0.29) is 40.1 Å². The van der Waals surface area contributed by atoms with Crippen molar-refractivity contribution in [2.24, 2.45) is 5.92 Å². The van der Waals surface area contributed by atoms with Crippen LogP contribution in [0.1, 0.15) is 23.2 Å². The normalized spacial score (nSPS) is 20.1. The van der Waals surface area contributed by atoms with Crippen molar-refractivity contribution in [2.45, 2.75) is 12.8 Å². The lowest BCUT2D eigenvalue weighted by molar-refractivity contribution is -0.116. The number of hydrogen-bond donors (Lipinski definition) is 2. The molecule has 1 aromatic rings. The summed E-state index contributed by atoms with van der Waals surface area (Å²) in [6.07, 6.45) is 0.517. The quantitative estimate of drug-likeness (QED) is 0.876. The number of carbonyl (C=O) groups is 2. The molecule has 0 saturated carbocycles. The molecule has 0 spiro atoms. The van der Waals surface area contributed by atoms with E-state index in [1.165, 1.54) is 18.2 Å². The summed E-state index contributed by atoms with van der Waals surface area (Å²) in [6, 6.07) is 4.14. The number of halogens is 1. The minimum Gasteiger partial charge on any atom is -0.478 e. The van der Waals surface area contributed by atoms with Crippen LogP contribution < -0.4 is 5.32 Å². The highest BCUT2D eigenvalue weighted by atomic mass is 35.5. The molecule has 21 heavy (non-hydrogen) atoms. The highest BCUT2D eigenvalue weighted by molar-refractivity contribution is 7.91. The molecule has 1 atom stereocenters. The van der Waals surface area contributed by atoms with Crippen molar-refractivity contribution in [3.8, 4) is 0 Å². The van der Waals surface area contributed by atoms with Gasteiger partial charge in [0.1, 0.15) is 0 Å². The Kier molecular flexibility index (Phi) is 4.53. The average Bonchev–Trinajstić information content (AvgIpc) is 2.70. The van der Waals surface area contributed by atoms with E-state index in [0.717, 1.165) is 0 Å². The number of anilines is 1. The fourth-order valence-corrected chi connectivity index (χ4v) is 4.33. The van der Waals surface area contributed by atoms with Crippen LogP contribution in [0, 0.1) is 5.92 Å². The van der Waals surface area contributed by atoms with E-state index in [4.69, 9.17) is 16.7 Å². The summed E-state index contributed by atoms with van der Waals surface area (Å²) in [5.74, 6) is -1.70. The maximum Gasteiger partial charge on any atom is 0.337 e. The van der Waals surface area contributed by atoms with E-state index in [9.17, 15) is 18.0 Å². The van der Waals surface area contributed by atoms with Gasteiger partial charge in [0.05, 0.1) is 22.8 Å². The van der Waals surface area contributed by atoms with Crippen LogP contribution in [-0.2, 0) is 14.6 Å². The monoisotopic (exact) mass is 331 g/mol. The van der Waals surface area contributed by atoms with E-state index < -0.39 is 21.7 Å². The standard InChI is InChI=1S/C13H14ClNO5S/c14-9-1-2-11(10(6-9)13(17)18)15-12(16)5-8-3-4-21(19,20)7-8/h1-2,6,8H,3-5,7H2,(H,15,16)(H,17,18). The van der Waals surface area contributed by atoms with Gasteiger partial charge in [-0.15, -0.1) is 0 Å². The molecule has 1 unspecified atom stereocenters. The Hall–Kier alpha value is -1.60. The Bertz CT molecular complexity index is 686. The minimum absolute atomic E-state index is 0.00677. The molecule has 0 aromatic heterocycles. The Balaban J connectivity index is 2.05. The van der Waals surface area contributed by atoms with Crippen molar-refractivity contribution in [1.82, 2.24) is 0 Å². The van der Waals surface area contributed by atoms with Crippen molar-refractivity contribution < 1.29 is 23.1 Å². The largest absolute Gasteiger partial charge is 0.478 e. The van der Waals surface area contributed by atoms with E-state index in [1.807, 2.05) is 0 Å². The van der Waals surface area contributed by atoms with Gasteiger partial charge in [0.2, 0.25) is 5.91 Å². The van der Waals surface area contributed by atoms with Gasteiger partial charge >= 0.3 is 5.97 Å². The summed E-state index contributed by atoms with van der Waals surface area (Å²) in [7, 11) is -3.03. The van der Waals surface area contributed by atoms with Gasteiger partial charge in [0.15, 0.2) is 9.84 Å². The number of sulfone groups is 1. The predicted octanol–water partition coefficient (Wildman–Crippen LogP) is 1.80. The lowest BCUT2D eigenvalue weighted by Gasteiger charge is -2.11. The van der Waals surface area contributed by atoms with Crippen molar-refractivity contribution in [3.63, 3.8) is 0 Å². The highest BCUT2D eigenvalue weighted by Crippen LogP contribution is 2.24. The molecule has 2 rings (SSSR count). The minimum atomic E-state index is -3.03. The van der Waals surface area contributed by atoms with Crippen LogP contribution in [0.5, 0.6) is 0 Å². The molecule has 1 aliphatic heterocycles. The first kappa shape index (κ1) is 15.8. The molecule has 114 valence electrons. The number of carboxylic acids is 1. The lowest BCUT2D eigenvalue weighted by Crippen LogP contribution is -2.19. The van der Waals surface area contributed by atoms with Crippen molar-refractivity contribution in [2.75, 3.05) is 16.8 Å². The molecule has 1 saturated heterocycles. The number of hydrogen-bond acceptors (Lipinski definition) is 4. The second-order valence-corrected chi connectivity index (χ2v) is 7.68. The number of rotatable bonds is 4. The third-order valence-electron chi connectivity index (χ3n) is 3.29. The third kappa shape index (κ3) is 4.18. The van der Waals surface area contributed by atoms with E-state index in [0.29, 0.717) is 6.42 Å². The van der Waals surface area contributed by atoms with Crippen LogP contribution in [0.25, 0.3) is 0 Å². The van der Waals surface area contributed by atoms with Crippen LogP contribution in [0.3, 0.4) is 0 Å². The smallest absolute Gasteiger partial charge is 0.337 e. The fourth-order valence-electron chi connectivity index (χ4n) is 2.30. The first-order chi connectivity index (χ1) is 9.77. The van der Waals surface area contributed by atoms with E-state index >= 15 is 0 Å². The number of aromatic carboxylic acids is 1. The van der Waals surface area contributed by atoms with E-state index in [2.05, 4.69) is 5.32 Å². The van der Waals surface area contributed by atoms with Crippen molar-refractivity contribution in [1.29, 1.82) is 0 Å². The lowest BCUT2D eigenvalue weighted by atomic mass is 10.0. The van der Waals surface area contributed by atoms with Crippen LogP contribution in [-0.4, -0.2) is 36.9 Å². The molecule has 0 radical (unpaired) electrons. The molecular weight excluding hydrogens is 318 g/mol. The third-order valence-corrected chi connectivity index (χ3v) is 5.36. The molecule has 8 heteroatoms. The zero-order valence-corrected chi connectivity index (χ0v) is 12.6. The van der Waals surface area contributed by atoms with Gasteiger partial charge in [-0.3, -0.25) is 4.79 Å². The van der Waals surface area contributed by atoms with E-state index in [1.54, 1.807) is 0 Å².